The van der Waals surface area contributed by atoms with E-state index in [-0.39, 0.29) is 6.10 Å². The molecule has 19 heavy (non-hydrogen) atoms. The molecule has 0 radical (unpaired) electrons. The molecular formula is C15H18ClNOS. The summed E-state index contributed by atoms with van der Waals surface area (Å²) in [6.45, 7) is 4.19. The van der Waals surface area contributed by atoms with Crippen molar-refractivity contribution in [3.05, 3.63) is 45.9 Å². The number of alkyl halides is 1. The number of halogens is 1. The molecule has 0 aliphatic rings. The third-order valence-electron chi connectivity index (χ3n) is 2.83. The minimum Gasteiger partial charge on any atom is -0.484 e. The van der Waals surface area contributed by atoms with E-state index in [2.05, 4.69) is 24.0 Å². The molecule has 0 bridgehead atoms. The van der Waals surface area contributed by atoms with Gasteiger partial charge in [0.25, 0.3) is 0 Å². The molecule has 1 unspecified atom stereocenters. The molecule has 0 amide bonds. The molecule has 0 spiro atoms. The largest absolute Gasteiger partial charge is 0.484 e. The number of ether oxygens (including phenoxy) is 1. The van der Waals surface area contributed by atoms with Gasteiger partial charge in [0.15, 0.2) is 0 Å². The van der Waals surface area contributed by atoms with Crippen molar-refractivity contribution in [3.63, 3.8) is 0 Å². The molecule has 2 aromatic rings. The van der Waals surface area contributed by atoms with E-state index < -0.39 is 0 Å². The zero-order chi connectivity index (χ0) is 13.7. The highest BCUT2D eigenvalue weighted by Crippen LogP contribution is 2.25. The van der Waals surface area contributed by atoms with Crippen LogP contribution in [0.25, 0.3) is 0 Å². The minimum absolute atomic E-state index is 0.0426. The van der Waals surface area contributed by atoms with Crippen LogP contribution in [0.3, 0.4) is 0 Å². The number of benzene rings is 1. The lowest BCUT2D eigenvalue weighted by Crippen LogP contribution is -2.02. The summed E-state index contributed by atoms with van der Waals surface area (Å²) in [7, 11) is 0. The van der Waals surface area contributed by atoms with Crippen molar-refractivity contribution >= 4 is 22.9 Å². The van der Waals surface area contributed by atoms with Crippen molar-refractivity contribution in [1.29, 1.82) is 0 Å². The van der Waals surface area contributed by atoms with Crippen LogP contribution in [-0.4, -0.2) is 4.98 Å². The zero-order valence-corrected chi connectivity index (χ0v) is 12.8. The zero-order valence-electron chi connectivity index (χ0n) is 11.2. The van der Waals surface area contributed by atoms with Crippen LogP contribution in [0.1, 0.15) is 42.6 Å². The molecular weight excluding hydrogens is 278 g/mol. The second-order valence-corrected chi connectivity index (χ2v) is 5.62. The van der Waals surface area contributed by atoms with Gasteiger partial charge in [-0.3, -0.25) is 0 Å². The van der Waals surface area contributed by atoms with Gasteiger partial charge in [-0.05, 0) is 31.0 Å². The van der Waals surface area contributed by atoms with E-state index in [1.54, 1.807) is 11.3 Å². The second kappa shape index (κ2) is 6.92. The van der Waals surface area contributed by atoms with E-state index in [1.165, 1.54) is 5.56 Å². The topological polar surface area (TPSA) is 22.1 Å². The molecule has 2 nitrogen and oxygen atoms in total. The van der Waals surface area contributed by atoms with Crippen LogP contribution in [0.4, 0.5) is 0 Å². The Hall–Kier alpha value is -1.06. The highest BCUT2D eigenvalue weighted by molar-refractivity contribution is 7.09. The molecule has 102 valence electrons. The lowest BCUT2D eigenvalue weighted by molar-refractivity contribution is 0.226. The predicted octanol–water partition coefficient (Wildman–Crippen LogP) is 4.97. The number of aryl methyl sites for hydroxylation is 1. The van der Waals surface area contributed by atoms with Crippen LogP contribution in [-0.2, 0) is 12.3 Å². The molecule has 4 heteroatoms. The predicted molar refractivity (Wildman–Crippen MR) is 81.2 cm³/mol. The highest BCUT2D eigenvalue weighted by atomic mass is 35.5. The lowest BCUT2D eigenvalue weighted by atomic mass is 10.1. The Labute approximate surface area is 123 Å². The van der Waals surface area contributed by atoms with Gasteiger partial charge in [0.2, 0.25) is 0 Å². The molecule has 1 aromatic heterocycles. The average molecular weight is 296 g/mol. The monoisotopic (exact) mass is 295 g/mol. The smallest absolute Gasteiger partial charge is 0.147 e. The first kappa shape index (κ1) is 14.4. The third kappa shape index (κ3) is 3.95. The van der Waals surface area contributed by atoms with Gasteiger partial charge in [-0.1, -0.05) is 25.5 Å². The number of thiazole rings is 1. The Morgan fingerprint density at radius 2 is 2.05 bits per heavy atom. The normalized spacial score (nSPS) is 12.4. The van der Waals surface area contributed by atoms with Gasteiger partial charge in [-0.25, -0.2) is 4.98 Å². The van der Waals surface area contributed by atoms with Crippen molar-refractivity contribution in [3.8, 4) is 5.75 Å². The summed E-state index contributed by atoms with van der Waals surface area (Å²) in [4.78, 5) is 4.43. The molecule has 0 saturated carbocycles. The molecule has 0 aliphatic carbocycles. The molecule has 0 saturated heterocycles. The van der Waals surface area contributed by atoms with E-state index >= 15 is 0 Å². The Morgan fingerprint density at radius 1 is 1.32 bits per heavy atom. The van der Waals surface area contributed by atoms with E-state index in [0.29, 0.717) is 5.88 Å². The number of hydrogen-bond acceptors (Lipinski definition) is 3. The fraction of sp³-hybridized carbons (Fsp3) is 0.400. The summed E-state index contributed by atoms with van der Waals surface area (Å²) in [5.74, 6) is 1.34. The maximum absolute atomic E-state index is 5.90. The first-order valence-electron chi connectivity index (χ1n) is 6.48. The van der Waals surface area contributed by atoms with Gasteiger partial charge in [0.05, 0.1) is 11.6 Å². The molecule has 1 heterocycles. The Morgan fingerprint density at radius 3 is 2.63 bits per heavy atom. The van der Waals surface area contributed by atoms with Crippen molar-refractivity contribution in [2.24, 2.45) is 0 Å². The van der Waals surface area contributed by atoms with E-state index in [1.807, 2.05) is 24.4 Å². The Balaban J connectivity index is 1.99. The highest BCUT2D eigenvalue weighted by Gasteiger charge is 2.11. The van der Waals surface area contributed by atoms with E-state index in [0.717, 1.165) is 29.3 Å². The SMILES string of the molecule is CCCc1ccc(OC(C)c2nc(CCl)cs2)cc1. The van der Waals surface area contributed by atoms with Crippen LogP contribution in [0.5, 0.6) is 5.75 Å². The Kier molecular flexibility index (Phi) is 5.23. The lowest BCUT2D eigenvalue weighted by Gasteiger charge is -2.12. The molecule has 1 aromatic carbocycles. The fourth-order valence-corrected chi connectivity index (χ4v) is 2.88. The fourth-order valence-electron chi connectivity index (χ4n) is 1.85. The molecule has 1 atom stereocenters. The van der Waals surface area contributed by atoms with Gasteiger partial charge < -0.3 is 4.74 Å². The summed E-state index contributed by atoms with van der Waals surface area (Å²) in [5, 5.41) is 2.94. The van der Waals surface area contributed by atoms with E-state index in [9.17, 15) is 0 Å². The summed E-state index contributed by atoms with van der Waals surface area (Å²) in [6.07, 6.45) is 2.23. The van der Waals surface area contributed by atoms with Crippen LogP contribution >= 0.6 is 22.9 Å². The molecule has 0 fully saturated rings. The number of hydrogen-bond donors (Lipinski definition) is 0. The molecule has 0 N–H and O–H groups in total. The quantitative estimate of drug-likeness (QED) is 0.702. The van der Waals surface area contributed by atoms with Crippen molar-refractivity contribution in [1.82, 2.24) is 4.98 Å². The van der Waals surface area contributed by atoms with Crippen molar-refractivity contribution in [2.45, 2.75) is 38.7 Å². The van der Waals surface area contributed by atoms with Gasteiger partial charge in [0, 0.05) is 5.38 Å². The standard InChI is InChI=1S/C15H18ClNOS/c1-3-4-12-5-7-14(8-6-12)18-11(2)15-17-13(9-16)10-19-15/h5-8,10-11H,3-4,9H2,1-2H3. The van der Waals surface area contributed by atoms with Crippen molar-refractivity contribution in [2.75, 3.05) is 0 Å². The summed E-state index contributed by atoms with van der Waals surface area (Å²) < 4.78 is 5.90. The first-order valence-corrected chi connectivity index (χ1v) is 7.90. The number of rotatable bonds is 6. The second-order valence-electron chi connectivity index (χ2n) is 4.46. The van der Waals surface area contributed by atoms with E-state index in [4.69, 9.17) is 16.3 Å². The van der Waals surface area contributed by atoms with Gasteiger partial charge in [0.1, 0.15) is 16.9 Å². The maximum atomic E-state index is 5.90. The summed E-state index contributed by atoms with van der Waals surface area (Å²) in [5.41, 5.74) is 2.26. The van der Waals surface area contributed by atoms with Crippen LogP contribution < -0.4 is 4.74 Å². The maximum Gasteiger partial charge on any atom is 0.147 e. The van der Waals surface area contributed by atoms with Crippen LogP contribution in [0, 0.1) is 0 Å². The Bertz CT molecular complexity index is 509. The van der Waals surface area contributed by atoms with Crippen LogP contribution in [0.2, 0.25) is 0 Å². The number of nitrogens with zero attached hydrogens (tertiary/aromatic N) is 1. The van der Waals surface area contributed by atoms with Gasteiger partial charge >= 0.3 is 0 Å². The minimum atomic E-state index is -0.0426. The first-order chi connectivity index (χ1) is 9.22. The molecule has 0 aliphatic heterocycles. The molecule has 2 rings (SSSR count). The van der Waals surface area contributed by atoms with Gasteiger partial charge in [-0.2, -0.15) is 0 Å². The average Bonchev–Trinajstić information content (AvgIpc) is 2.90. The van der Waals surface area contributed by atoms with Crippen LogP contribution in [0.15, 0.2) is 29.6 Å². The third-order valence-corrected chi connectivity index (χ3v) is 4.16. The summed E-state index contributed by atoms with van der Waals surface area (Å²) in [6, 6.07) is 8.30. The van der Waals surface area contributed by atoms with Gasteiger partial charge in [-0.15, -0.1) is 22.9 Å². The number of aromatic nitrogens is 1. The van der Waals surface area contributed by atoms with Crippen molar-refractivity contribution < 1.29 is 4.74 Å². The summed E-state index contributed by atoms with van der Waals surface area (Å²) >= 11 is 7.35.